The van der Waals surface area contributed by atoms with Gasteiger partial charge in [0.1, 0.15) is 5.82 Å². The fourth-order valence-corrected chi connectivity index (χ4v) is 2.52. The van der Waals surface area contributed by atoms with E-state index in [1.54, 1.807) is 19.1 Å². The number of nitrogens with one attached hydrogen (secondary N) is 1. The molecule has 0 bridgehead atoms. The minimum atomic E-state index is -0.321. The van der Waals surface area contributed by atoms with E-state index in [0.29, 0.717) is 12.2 Å². The minimum absolute atomic E-state index is 0.321. The second kappa shape index (κ2) is 5.69. The van der Waals surface area contributed by atoms with E-state index in [-0.39, 0.29) is 5.97 Å². The molecule has 106 valence electrons. The Labute approximate surface area is 130 Å². The molecule has 2 aromatic carbocycles. The van der Waals surface area contributed by atoms with Crippen LogP contribution in [0.4, 0.5) is 0 Å². The number of hydrogen-bond donors (Lipinski definition) is 1. The largest absolute Gasteiger partial charge is 0.462 e. The van der Waals surface area contributed by atoms with Crippen LogP contribution >= 0.6 is 15.9 Å². The summed E-state index contributed by atoms with van der Waals surface area (Å²) in [5, 5.41) is 0. The Hall–Kier alpha value is -2.14. The number of rotatable bonds is 3. The Bertz CT molecular complexity index is 811. The number of benzene rings is 2. The monoisotopic (exact) mass is 344 g/mol. The molecule has 4 nitrogen and oxygen atoms in total. The van der Waals surface area contributed by atoms with Crippen LogP contribution in [0.3, 0.4) is 0 Å². The number of carbonyl (C=O) groups is 1. The lowest BCUT2D eigenvalue weighted by atomic mass is 10.2. The molecular weight excluding hydrogens is 332 g/mol. The number of imidazole rings is 1. The number of aromatic amines is 1. The average Bonchev–Trinajstić information content (AvgIpc) is 2.90. The molecule has 1 N–H and O–H groups in total. The van der Waals surface area contributed by atoms with Gasteiger partial charge in [-0.05, 0) is 37.3 Å². The molecule has 0 fully saturated rings. The van der Waals surface area contributed by atoms with Gasteiger partial charge in [0.25, 0.3) is 0 Å². The first-order valence-corrected chi connectivity index (χ1v) is 7.39. The van der Waals surface area contributed by atoms with E-state index < -0.39 is 0 Å². The molecule has 0 saturated heterocycles. The number of halogens is 1. The summed E-state index contributed by atoms with van der Waals surface area (Å²) in [6.07, 6.45) is 0. The summed E-state index contributed by atoms with van der Waals surface area (Å²) in [5.74, 6) is 0.449. The maximum absolute atomic E-state index is 11.7. The summed E-state index contributed by atoms with van der Waals surface area (Å²) in [4.78, 5) is 19.5. The Balaban J connectivity index is 2.02. The lowest BCUT2D eigenvalue weighted by molar-refractivity contribution is 0.0526. The highest BCUT2D eigenvalue weighted by Gasteiger charge is 2.10. The fourth-order valence-electron chi connectivity index (χ4n) is 2.12. The Kier molecular flexibility index (Phi) is 3.75. The number of ether oxygens (including phenoxy) is 1. The highest BCUT2D eigenvalue weighted by atomic mass is 79.9. The third kappa shape index (κ3) is 2.83. The summed E-state index contributed by atoms with van der Waals surface area (Å²) in [7, 11) is 0. The second-order valence-corrected chi connectivity index (χ2v) is 5.46. The van der Waals surface area contributed by atoms with E-state index in [2.05, 4.69) is 25.9 Å². The van der Waals surface area contributed by atoms with Crippen molar-refractivity contribution in [1.29, 1.82) is 0 Å². The van der Waals surface area contributed by atoms with Crippen molar-refractivity contribution in [2.24, 2.45) is 0 Å². The molecule has 3 aromatic rings. The normalized spacial score (nSPS) is 10.8. The first-order chi connectivity index (χ1) is 10.2. The van der Waals surface area contributed by atoms with E-state index in [9.17, 15) is 4.79 Å². The molecule has 21 heavy (non-hydrogen) atoms. The molecule has 0 unspecified atom stereocenters. The molecule has 0 aliphatic heterocycles. The van der Waals surface area contributed by atoms with Crippen LogP contribution in [0.1, 0.15) is 17.3 Å². The van der Waals surface area contributed by atoms with Gasteiger partial charge in [-0.15, -0.1) is 0 Å². The SMILES string of the molecule is CCOC(=O)c1ccc2nc(-c3cccc(Br)c3)[nH]c2c1. The molecule has 0 amide bonds. The van der Waals surface area contributed by atoms with E-state index in [1.807, 2.05) is 30.3 Å². The van der Waals surface area contributed by atoms with Crippen LogP contribution in [0.2, 0.25) is 0 Å². The first kappa shape index (κ1) is 13.8. The van der Waals surface area contributed by atoms with Crippen LogP contribution in [0, 0.1) is 0 Å². The number of esters is 1. The summed E-state index contributed by atoms with van der Waals surface area (Å²) in [5.41, 5.74) is 3.14. The maximum atomic E-state index is 11.7. The highest BCUT2D eigenvalue weighted by Crippen LogP contribution is 2.24. The standard InChI is InChI=1S/C16H13BrN2O2/c1-2-21-16(20)11-6-7-13-14(9-11)19-15(18-13)10-4-3-5-12(17)8-10/h3-9H,2H2,1H3,(H,18,19). The second-order valence-electron chi connectivity index (χ2n) is 4.55. The van der Waals surface area contributed by atoms with Gasteiger partial charge in [-0.2, -0.15) is 0 Å². The summed E-state index contributed by atoms with van der Waals surface area (Å²) >= 11 is 3.45. The lowest BCUT2D eigenvalue weighted by Gasteiger charge is -2.00. The van der Waals surface area contributed by atoms with Gasteiger partial charge in [0, 0.05) is 10.0 Å². The topological polar surface area (TPSA) is 55.0 Å². The van der Waals surface area contributed by atoms with Crippen LogP contribution in [0.25, 0.3) is 22.4 Å². The smallest absolute Gasteiger partial charge is 0.338 e. The summed E-state index contributed by atoms with van der Waals surface area (Å²) < 4.78 is 6.00. The van der Waals surface area contributed by atoms with E-state index >= 15 is 0 Å². The number of H-pyrrole nitrogens is 1. The van der Waals surface area contributed by atoms with Crippen molar-refractivity contribution >= 4 is 32.9 Å². The van der Waals surface area contributed by atoms with E-state index in [1.165, 1.54) is 0 Å². The minimum Gasteiger partial charge on any atom is -0.462 e. The maximum Gasteiger partial charge on any atom is 0.338 e. The third-order valence-corrected chi connectivity index (χ3v) is 3.58. The molecule has 0 spiro atoms. The summed E-state index contributed by atoms with van der Waals surface area (Å²) in [6, 6.07) is 13.2. The molecule has 0 radical (unpaired) electrons. The van der Waals surface area contributed by atoms with Crippen molar-refractivity contribution in [3.63, 3.8) is 0 Å². The zero-order valence-electron chi connectivity index (χ0n) is 11.4. The first-order valence-electron chi connectivity index (χ1n) is 6.60. The van der Waals surface area contributed by atoms with Crippen LogP contribution in [0.15, 0.2) is 46.9 Å². The number of aromatic nitrogens is 2. The molecule has 1 aromatic heterocycles. The van der Waals surface area contributed by atoms with Gasteiger partial charge in [0.15, 0.2) is 0 Å². The molecule has 0 aliphatic carbocycles. The predicted octanol–water partition coefficient (Wildman–Crippen LogP) is 4.17. The van der Waals surface area contributed by atoms with Gasteiger partial charge in [-0.1, -0.05) is 28.1 Å². The fraction of sp³-hybridized carbons (Fsp3) is 0.125. The average molecular weight is 345 g/mol. The van der Waals surface area contributed by atoms with Crippen molar-refractivity contribution < 1.29 is 9.53 Å². The number of nitrogens with zero attached hydrogens (tertiary/aromatic N) is 1. The number of fused-ring (bicyclic) bond motifs is 1. The van der Waals surface area contributed by atoms with Gasteiger partial charge in [0.2, 0.25) is 0 Å². The van der Waals surface area contributed by atoms with Crippen molar-refractivity contribution in [2.45, 2.75) is 6.92 Å². The molecule has 3 rings (SSSR count). The van der Waals surface area contributed by atoms with E-state index in [4.69, 9.17) is 4.74 Å². The number of carbonyl (C=O) groups excluding carboxylic acids is 1. The van der Waals surface area contributed by atoms with Crippen molar-refractivity contribution in [3.8, 4) is 11.4 Å². The molecule has 1 heterocycles. The van der Waals surface area contributed by atoms with Crippen molar-refractivity contribution in [3.05, 3.63) is 52.5 Å². The van der Waals surface area contributed by atoms with Gasteiger partial charge < -0.3 is 9.72 Å². The number of hydrogen-bond acceptors (Lipinski definition) is 3. The van der Waals surface area contributed by atoms with Crippen LogP contribution in [0.5, 0.6) is 0 Å². The van der Waals surface area contributed by atoms with Crippen LogP contribution in [-0.2, 0) is 4.74 Å². The van der Waals surface area contributed by atoms with Crippen molar-refractivity contribution in [1.82, 2.24) is 9.97 Å². The van der Waals surface area contributed by atoms with Crippen molar-refractivity contribution in [2.75, 3.05) is 6.61 Å². The Morgan fingerprint density at radius 2 is 2.14 bits per heavy atom. The van der Waals surface area contributed by atoms with Gasteiger partial charge in [0.05, 0.1) is 23.2 Å². The Morgan fingerprint density at radius 1 is 1.29 bits per heavy atom. The highest BCUT2D eigenvalue weighted by molar-refractivity contribution is 9.10. The zero-order chi connectivity index (χ0) is 14.8. The van der Waals surface area contributed by atoms with E-state index in [0.717, 1.165) is 26.9 Å². The predicted molar refractivity (Wildman–Crippen MR) is 85.2 cm³/mol. The van der Waals surface area contributed by atoms with Crippen LogP contribution < -0.4 is 0 Å². The van der Waals surface area contributed by atoms with Gasteiger partial charge in [-0.3, -0.25) is 0 Å². The van der Waals surface area contributed by atoms with Gasteiger partial charge in [-0.25, -0.2) is 9.78 Å². The quantitative estimate of drug-likeness (QED) is 0.725. The van der Waals surface area contributed by atoms with Gasteiger partial charge >= 0.3 is 5.97 Å². The lowest BCUT2D eigenvalue weighted by Crippen LogP contribution is -2.04. The third-order valence-electron chi connectivity index (χ3n) is 3.09. The molecule has 0 saturated carbocycles. The summed E-state index contributed by atoms with van der Waals surface area (Å²) in [6.45, 7) is 2.15. The molecule has 0 aliphatic rings. The molecule has 5 heteroatoms. The van der Waals surface area contributed by atoms with Crippen LogP contribution in [-0.4, -0.2) is 22.5 Å². The zero-order valence-corrected chi connectivity index (χ0v) is 13.0. The molecule has 0 atom stereocenters. The Morgan fingerprint density at radius 3 is 2.90 bits per heavy atom. The molecular formula is C16H13BrN2O2.